The summed E-state index contributed by atoms with van der Waals surface area (Å²) in [7, 11) is 0. The molecule has 1 aromatic heterocycles. The number of fused-ring (bicyclic) bond motifs is 1. The van der Waals surface area contributed by atoms with Crippen molar-refractivity contribution in [2.75, 3.05) is 0 Å². The molecule has 2 N–H and O–H groups in total. The Kier molecular flexibility index (Phi) is 5.85. The van der Waals surface area contributed by atoms with E-state index in [2.05, 4.69) is 10.6 Å². The van der Waals surface area contributed by atoms with Gasteiger partial charge < -0.3 is 10.2 Å². The molecule has 4 rings (SSSR count). The topological polar surface area (TPSA) is 95.6 Å². The summed E-state index contributed by atoms with van der Waals surface area (Å²) in [5, 5.41) is 7.64. The Morgan fingerprint density at radius 2 is 2.13 bits per heavy atom. The molecule has 1 fully saturated rings. The minimum atomic E-state index is -0.642. The Balaban J connectivity index is 1.42. The fourth-order valence-corrected chi connectivity index (χ4v) is 5.07. The molecular formula is C22H22ClN3O4S. The average molecular weight is 460 g/mol. The van der Waals surface area contributed by atoms with Crippen LogP contribution in [0.2, 0.25) is 5.02 Å². The van der Waals surface area contributed by atoms with E-state index in [0.717, 1.165) is 21.6 Å². The molecule has 31 heavy (non-hydrogen) atoms. The van der Waals surface area contributed by atoms with Crippen molar-refractivity contribution < 1.29 is 19.2 Å². The Labute approximate surface area is 188 Å². The lowest BCUT2D eigenvalue weighted by Crippen LogP contribution is -2.52. The van der Waals surface area contributed by atoms with E-state index in [0.29, 0.717) is 30.1 Å². The second-order valence-electron chi connectivity index (χ2n) is 7.90. The highest BCUT2D eigenvalue weighted by molar-refractivity contribution is 7.10. The van der Waals surface area contributed by atoms with Crippen molar-refractivity contribution in [2.24, 2.45) is 0 Å². The van der Waals surface area contributed by atoms with Crippen molar-refractivity contribution in [1.29, 1.82) is 0 Å². The number of hydrogen-bond donors (Lipinski definition) is 2. The van der Waals surface area contributed by atoms with Crippen LogP contribution >= 0.6 is 22.9 Å². The first-order chi connectivity index (χ1) is 14.8. The predicted molar refractivity (Wildman–Crippen MR) is 117 cm³/mol. The van der Waals surface area contributed by atoms with Crippen molar-refractivity contribution in [3.63, 3.8) is 0 Å². The average Bonchev–Trinajstić information content (AvgIpc) is 3.28. The van der Waals surface area contributed by atoms with Gasteiger partial charge >= 0.3 is 0 Å². The lowest BCUT2D eigenvalue weighted by atomic mass is 9.99. The van der Waals surface area contributed by atoms with Gasteiger partial charge in [0.25, 0.3) is 5.91 Å². The Morgan fingerprint density at radius 1 is 1.35 bits per heavy atom. The molecule has 162 valence electrons. The molecule has 1 aromatic carbocycles. The highest BCUT2D eigenvalue weighted by Gasteiger charge is 2.40. The minimum absolute atomic E-state index is 0.131. The van der Waals surface area contributed by atoms with E-state index in [1.165, 1.54) is 16.2 Å². The third-order valence-corrected chi connectivity index (χ3v) is 7.34. The van der Waals surface area contributed by atoms with Gasteiger partial charge in [-0.05, 0) is 43.0 Å². The summed E-state index contributed by atoms with van der Waals surface area (Å²) in [6.07, 6.45) is 0.545. The number of halogens is 1. The van der Waals surface area contributed by atoms with Crippen LogP contribution in [0.5, 0.6) is 0 Å². The quantitative estimate of drug-likeness (QED) is 0.672. The van der Waals surface area contributed by atoms with E-state index in [1.807, 2.05) is 26.0 Å². The highest BCUT2D eigenvalue weighted by atomic mass is 35.5. The normalized spacial score (nSPS) is 19.3. The molecule has 3 heterocycles. The van der Waals surface area contributed by atoms with Gasteiger partial charge in [0.15, 0.2) is 0 Å². The molecule has 4 amide bonds. The van der Waals surface area contributed by atoms with Crippen molar-refractivity contribution in [3.05, 3.63) is 55.7 Å². The third kappa shape index (κ3) is 4.09. The molecule has 0 radical (unpaired) electrons. The number of piperidine rings is 1. The third-order valence-electron chi connectivity index (χ3n) is 5.90. The zero-order chi connectivity index (χ0) is 22.3. The molecule has 2 aliphatic heterocycles. The van der Waals surface area contributed by atoms with Crippen LogP contribution in [0.25, 0.3) is 0 Å². The number of benzene rings is 1. The van der Waals surface area contributed by atoms with E-state index >= 15 is 0 Å². The van der Waals surface area contributed by atoms with Crippen molar-refractivity contribution in [2.45, 2.75) is 51.7 Å². The van der Waals surface area contributed by atoms with Crippen LogP contribution in [-0.2, 0) is 27.5 Å². The van der Waals surface area contributed by atoms with E-state index in [-0.39, 0.29) is 30.1 Å². The number of rotatable bonds is 5. The van der Waals surface area contributed by atoms with Gasteiger partial charge in [-0.1, -0.05) is 23.7 Å². The number of imide groups is 1. The van der Waals surface area contributed by atoms with Gasteiger partial charge in [-0.2, -0.15) is 0 Å². The number of nitrogens with one attached hydrogen (secondary N) is 2. The van der Waals surface area contributed by atoms with Crippen LogP contribution in [-0.4, -0.2) is 34.6 Å². The molecule has 2 aliphatic rings. The molecule has 1 unspecified atom stereocenters. The maximum Gasteiger partial charge on any atom is 0.256 e. The molecule has 0 spiro atoms. The van der Waals surface area contributed by atoms with Crippen molar-refractivity contribution in [3.8, 4) is 0 Å². The van der Waals surface area contributed by atoms with Gasteiger partial charge in [0.05, 0.1) is 18.0 Å². The number of nitrogens with zero attached hydrogens (tertiary/aromatic N) is 1. The van der Waals surface area contributed by atoms with Gasteiger partial charge in [-0.15, -0.1) is 11.3 Å². The zero-order valence-electron chi connectivity index (χ0n) is 17.2. The van der Waals surface area contributed by atoms with Gasteiger partial charge in [0, 0.05) is 28.2 Å². The molecule has 0 aliphatic carbocycles. The van der Waals surface area contributed by atoms with E-state index in [1.54, 1.807) is 11.4 Å². The monoisotopic (exact) mass is 459 g/mol. The number of carbonyl (C=O) groups is 4. The molecular weight excluding hydrogens is 438 g/mol. The van der Waals surface area contributed by atoms with E-state index in [4.69, 9.17) is 11.6 Å². The van der Waals surface area contributed by atoms with E-state index < -0.39 is 11.9 Å². The summed E-state index contributed by atoms with van der Waals surface area (Å²) < 4.78 is 0. The van der Waals surface area contributed by atoms with E-state index in [9.17, 15) is 19.2 Å². The fraction of sp³-hybridized carbons (Fsp3) is 0.364. The van der Waals surface area contributed by atoms with Crippen LogP contribution in [0.3, 0.4) is 0 Å². The van der Waals surface area contributed by atoms with Crippen LogP contribution in [0, 0.1) is 6.92 Å². The Hall–Kier alpha value is -2.71. The number of aryl methyl sites for hydroxylation is 1. The minimum Gasteiger partial charge on any atom is -0.351 e. The summed E-state index contributed by atoms with van der Waals surface area (Å²) in [5.41, 5.74) is 3.20. The number of thiophene rings is 1. The molecule has 2 atom stereocenters. The fourth-order valence-electron chi connectivity index (χ4n) is 3.90. The maximum absolute atomic E-state index is 12.8. The molecule has 2 aromatic rings. The van der Waals surface area contributed by atoms with Crippen molar-refractivity contribution in [1.82, 2.24) is 15.5 Å². The molecule has 1 saturated heterocycles. The second-order valence-corrected chi connectivity index (χ2v) is 9.27. The first-order valence-electron chi connectivity index (χ1n) is 10.0. The highest BCUT2D eigenvalue weighted by Crippen LogP contribution is 2.34. The maximum atomic E-state index is 12.8. The SMILES string of the molecule is Cc1ccc([C@@H](C)C(=O)NCc2scc3c2CN(C2CCC(=O)NC2=O)C3=O)cc1Cl. The zero-order valence-corrected chi connectivity index (χ0v) is 18.7. The summed E-state index contributed by atoms with van der Waals surface area (Å²) in [6, 6.07) is 4.95. The molecule has 9 heteroatoms. The standard InChI is InChI=1S/C22H22ClN3O4S/c1-11-3-4-13(7-16(11)23)12(2)20(28)24-8-18-14-9-26(22(30)15(14)10-31-18)17-5-6-19(27)25-21(17)29/h3-4,7,10,12,17H,5-6,8-9H2,1-2H3,(H,24,28)(H,25,27,29)/t12-,17?/m1/s1. The largest absolute Gasteiger partial charge is 0.351 e. The number of hydrogen-bond acceptors (Lipinski definition) is 5. The van der Waals surface area contributed by atoms with Crippen LogP contribution in [0.1, 0.15) is 57.6 Å². The van der Waals surface area contributed by atoms with Crippen LogP contribution < -0.4 is 10.6 Å². The van der Waals surface area contributed by atoms with Gasteiger partial charge in [-0.25, -0.2) is 0 Å². The second kappa shape index (κ2) is 8.43. The molecule has 0 saturated carbocycles. The Bertz CT molecular complexity index is 1100. The predicted octanol–water partition coefficient (Wildman–Crippen LogP) is 2.89. The van der Waals surface area contributed by atoms with Crippen molar-refractivity contribution >= 4 is 46.6 Å². The van der Waals surface area contributed by atoms with Gasteiger partial charge in [-0.3, -0.25) is 24.5 Å². The van der Waals surface area contributed by atoms with Crippen LogP contribution in [0.15, 0.2) is 23.6 Å². The lowest BCUT2D eigenvalue weighted by molar-refractivity contribution is -0.137. The van der Waals surface area contributed by atoms with Gasteiger partial charge in [0.2, 0.25) is 17.7 Å². The Morgan fingerprint density at radius 3 is 2.84 bits per heavy atom. The molecule has 7 nitrogen and oxygen atoms in total. The number of amides is 4. The smallest absolute Gasteiger partial charge is 0.256 e. The lowest BCUT2D eigenvalue weighted by Gasteiger charge is -2.29. The first-order valence-corrected chi connectivity index (χ1v) is 11.3. The summed E-state index contributed by atoms with van der Waals surface area (Å²) >= 11 is 7.60. The summed E-state index contributed by atoms with van der Waals surface area (Å²) in [6.45, 7) is 4.34. The summed E-state index contributed by atoms with van der Waals surface area (Å²) in [5.74, 6) is -1.45. The number of carbonyl (C=O) groups excluding carboxylic acids is 4. The molecule has 0 bridgehead atoms. The summed E-state index contributed by atoms with van der Waals surface area (Å²) in [4.78, 5) is 51.4. The van der Waals surface area contributed by atoms with Crippen LogP contribution in [0.4, 0.5) is 0 Å². The first kappa shape index (κ1) is 21.5. The van der Waals surface area contributed by atoms with Gasteiger partial charge in [0.1, 0.15) is 6.04 Å².